The number of likely N-dealkylation sites (tertiary alicyclic amines) is 1. The van der Waals surface area contributed by atoms with Gasteiger partial charge in [0.05, 0.1) is 18.8 Å². The largest absolute Gasteiger partial charge is 0.441 e. The topological polar surface area (TPSA) is 58.8 Å². The Morgan fingerprint density at radius 1 is 1.20 bits per heavy atom. The van der Waals surface area contributed by atoms with Crippen molar-refractivity contribution in [1.82, 2.24) is 15.0 Å². The lowest BCUT2D eigenvalue weighted by atomic mass is 9.87. The third-order valence-electron chi connectivity index (χ3n) is 6.11. The summed E-state index contributed by atoms with van der Waals surface area (Å²) in [5.41, 5.74) is 0.863. The van der Waals surface area contributed by atoms with Gasteiger partial charge >= 0.3 is 6.09 Å². The Labute approximate surface area is 149 Å². The smallest absolute Gasteiger partial charge is 0.410 e. The summed E-state index contributed by atoms with van der Waals surface area (Å²) in [6.45, 7) is 3.47. The average Bonchev–Trinajstić information content (AvgIpc) is 3.12. The standard InChI is InChI=1S/C19H29N3O3/c1-21-14-19(24-18(21)23)8-5-10-22(11-9-19)13-16-12-17(20-25-16)15-6-3-2-4-7-15/h12,15H,2-11,13-14H2,1H3/t19-/m0/s1. The Hall–Kier alpha value is -1.56. The van der Waals surface area contributed by atoms with Crippen LogP contribution in [0.15, 0.2) is 10.6 Å². The second-order valence-corrected chi connectivity index (χ2v) is 8.09. The summed E-state index contributed by atoms with van der Waals surface area (Å²) in [7, 11) is 1.82. The number of likely N-dealkylation sites (N-methyl/N-ethyl adjacent to an activating group) is 1. The van der Waals surface area contributed by atoms with Crippen molar-refractivity contribution < 1.29 is 14.1 Å². The first-order valence-corrected chi connectivity index (χ1v) is 9.76. The molecule has 3 fully saturated rings. The fourth-order valence-electron chi connectivity index (χ4n) is 4.65. The van der Waals surface area contributed by atoms with E-state index < -0.39 is 0 Å². The molecule has 1 spiro atoms. The SMILES string of the molecule is CN1C[C@@]2(CCCN(Cc3cc(C4CCCCC4)no3)CC2)OC1=O. The molecule has 4 rings (SSSR count). The molecule has 1 aliphatic carbocycles. The van der Waals surface area contributed by atoms with Gasteiger partial charge in [-0.1, -0.05) is 24.4 Å². The molecule has 1 atom stereocenters. The normalized spacial score (nSPS) is 29.2. The molecule has 1 aromatic heterocycles. The van der Waals surface area contributed by atoms with Gasteiger partial charge in [0.2, 0.25) is 0 Å². The van der Waals surface area contributed by atoms with E-state index in [1.165, 1.54) is 32.1 Å². The molecular weight excluding hydrogens is 318 g/mol. The van der Waals surface area contributed by atoms with Crippen LogP contribution in [-0.4, -0.2) is 53.3 Å². The van der Waals surface area contributed by atoms with E-state index in [1.54, 1.807) is 4.90 Å². The zero-order valence-corrected chi connectivity index (χ0v) is 15.2. The average molecular weight is 347 g/mol. The van der Waals surface area contributed by atoms with Crippen LogP contribution in [-0.2, 0) is 11.3 Å². The lowest BCUT2D eigenvalue weighted by Gasteiger charge is -2.25. The van der Waals surface area contributed by atoms with E-state index in [0.29, 0.717) is 12.5 Å². The monoisotopic (exact) mass is 347 g/mol. The predicted molar refractivity (Wildman–Crippen MR) is 93.3 cm³/mol. The minimum absolute atomic E-state index is 0.180. The van der Waals surface area contributed by atoms with Crippen LogP contribution in [0.1, 0.15) is 68.7 Å². The van der Waals surface area contributed by atoms with Crippen molar-refractivity contribution in [2.75, 3.05) is 26.7 Å². The van der Waals surface area contributed by atoms with E-state index in [4.69, 9.17) is 9.26 Å². The van der Waals surface area contributed by atoms with Crippen molar-refractivity contribution in [3.05, 3.63) is 17.5 Å². The molecule has 25 heavy (non-hydrogen) atoms. The van der Waals surface area contributed by atoms with Crippen LogP contribution >= 0.6 is 0 Å². The van der Waals surface area contributed by atoms with Gasteiger partial charge in [-0.15, -0.1) is 0 Å². The molecule has 6 nitrogen and oxygen atoms in total. The second kappa shape index (κ2) is 6.98. The number of amides is 1. The highest BCUT2D eigenvalue weighted by Crippen LogP contribution is 2.34. The Kier molecular flexibility index (Phi) is 4.71. The second-order valence-electron chi connectivity index (χ2n) is 8.09. The Balaban J connectivity index is 1.34. The van der Waals surface area contributed by atoms with Crippen LogP contribution in [0.5, 0.6) is 0 Å². The molecule has 2 aliphatic heterocycles. The highest BCUT2D eigenvalue weighted by atomic mass is 16.6. The molecule has 3 aliphatic rings. The van der Waals surface area contributed by atoms with Crippen LogP contribution in [0.2, 0.25) is 0 Å². The minimum atomic E-state index is -0.282. The Bertz CT molecular complexity index is 611. The van der Waals surface area contributed by atoms with Crippen molar-refractivity contribution in [2.45, 2.75) is 69.4 Å². The van der Waals surface area contributed by atoms with Gasteiger partial charge in [-0.3, -0.25) is 4.90 Å². The molecule has 1 saturated carbocycles. The highest BCUT2D eigenvalue weighted by molar-refractivity contribution is 5.70. The molecule has 6 heteroatoms. The fourth-order valence-corrected chi connectivity index (χ4v) is 4.65. The maximum Gasteiger partial charge on any atom is 0.410 e. The lowest BCUT2D eigenvalue weighted by molar-refractivity contribution is 0.0440. The van der Waals surface area contributed by atoms with E-state index in [-0.39, 0.29) is 11.7 Å². The summed E-state index contributed by atoms with van der Waals surface area (Å²) in [5, 5.41) is 4.34. The first-order chi connectivity index (χ1) is 12.1. The fraction of sp³-hybridized carbons (Fsp3) is 0.789. The summed E-state index contributed by atoms with van der Waals surface area (Å²) >= 11 is 0. The van der Waals surface area contributed by atoms with Gasteiger partial charge < -0.3 is 14.2 Å². The molecule has 0 radical (unpaired) electrons. The van der Waals surface area contributed by atoms with Gasteiger partial charge in [0.25, 0.3) is 0 Å². The quantitative estimate of drug-likeness (QED) is 0.837. The van der Waals surface area contributed by atoms with Gasteiger partial charge in [-0.05, 0) is 32.2 Å². The molecule has 0 aromatic carbocycles. The molecule has 0 bridgehead atoms. The van der Waals surface area contributed by atoms with E-state index in [2.05, 4.69) is 16.1 Å². The van der Waals surface area contributed by atoms with Crippen molar-refractivity contribution >= 4 is 6.09 Å². The summed E-state index contributed by atoms with van der Waals surface area (Å²) in [6, 6.07) is 2.17. The Morgan fingerprint density at radius 2 is 2.04 bits per heavy atom. The highest BCUT2D eigenvalue weighted by Gasteiger charge is 2.44. The van der Waals surface area contributed by atoms with Crippen molar-refractivity contribution in [3.8, 4) is 0 Å². The van der Waals surface area contributed by atoms with Crippen LogP contribution in [0.25, 0.3) is 0 Å². The number of ether oxygens (including phenoxy) is 1. The third kappa shape index (κ3) is 3.68. The number of carbonyl (C=O) groups excluding carboxylic acids is 1. The first kappa shape index (κ1) is 16.9. The van der Waals surface area contributed by atoms with Gasteiger partial charge in [-0.2, -0.15) is 0 Å². The molecule has 138 valence electrons. The van der Waals surface area contributed by atoms with E-state index in [1.807, 2.05) is 7.05 Å². The zero-order chi connectivity index (χ0) is 17.3. The number of hydrogen-bond donors (Lipinski definition) is 0. The summed E-state index contributed by atoms with van der Waals surface area (Å²) in [5.74, 6) is 1.56. The molecule has 2 saturated heterocycles. The maximum atomic E-state index is 11.8. The van der Waals surface area contributed by atoms with Gasteiger partial charge in [0.1, 0.15) is 5.60 Å². The number of aromatic nitrogens is 1. The van der Waals surface area contributed by atoms with E-state index in [0.717, 1.165) is 50.4 Å². The molecule has 0 N–H and O–H groups in total. The molecule has 0 unspecified atom stereocenters. The molecule has 3 heterocycles. The van der Waals surface area contributed by atoms with Crippen molar-refractivity contribution in [3.63, 3.8) is 0 Å². The Morgan fingerprint density at radius 3 is 2.80 bits per heavy atom. The van der Waals surface area contributed by atoms with Crippen LogP contribution in [0.4, 0.5) is 4.79 Å². The number of hydrogen-bond acceptors (Lipinski definition) is 5. The minimum Gasteiger partial charge on any atom is -0.441 e. The number of carbonyl (C=O) groups is 1. The van der Waals surface area contributed by atoms with Gasteiger partial charge in [0.15, 0.2) is 5.76 Å². The molecule has 1 aromatic rings. The number of nitrogens with zero attached hydrogens (tertiary/aromatic N) is 3. The maximum absolute atomic E-state index is 11.8. The van der Waals surface area contributed by atoms with E-state index in [9.17, 15) is 4.79 Å². The van der Waals surface area contributed by atoms with Crippen molar-refractivity contribution in [2.24, 2.45) is 0 Å². The summed E-state index contributed by atoms with van der Waals surface area (Å²) in [4.78, 5) is 15.9. The molecular formula is C19H29N3O3. The predicted octanol–water partition coefficient (Wildman–Crippen LogP) is 3.53. The van der Waals surface area contributed by atoms with Crippen LogP contribution < -0.4 is 0 Å². The number of rotatable bonds is 3. The van der Waals surface area contributed by atoms with Crippen LogP contribution in [0.3, 0.4) is 0 Å². The summed E-state index contributed by atoms with van der Waals surface area (Å²) in [6.07, 6.45) is 9.19. The summed E-state index contributed by atoms with van der Waals surface area (Å²) < 4.78 is 11.3. The zero-order valence-electron chi connectivity index (χ0n) is 15.2. The van der Waals surface area contributed by atoms with Crippen molar-refractivity contribution in [1.29, 1.82) is 0 Å². The van der Waals surface area contributed by atoms with Gasteiger partial charge in [0, 0.05) is 32.0 Å². The molecule has 1 amide bonds. The van der Waals surface area contributed by atoms with Gasteiger partial charge in [-0.25, -0.2) is 4.79 Å². The third-order valence-corrected chi connectivity index (χ3v) is 6.11. The van der Waals surface area contributed by atoms with E-state index >= 15 is 0 Å². The first-order valence-electron chi connectivity index (χ1n) is 9.76. The lowest BCUT2D eigenvalue weighted by Crippen LogP contribution is -2.35. The van der Waals surface area contributed by atoms with Crippen LogP contribution in [0, 0.1) is 0 Å².